The number of carbonyl (C=O) groups is 1. The van der Waals surface area contributed by atoms with E-state index in [2.05, 4.69) is 12.5 Å². The average molecular weight is 225 g/mol. The predicted molar refractivity (Wildman–Crippen MR) is 57.7 cm³/mol. The molecule has 0 aromatic heterocycles. The van der Waals surface area contributed by atoms with Crippen LogP contribution in [0.2, 0.25) is 0 Å². The van der Waals surface area contributed by atoms with Crippen LogP contribution in [-0.4, -0.2) is 54.6 Å². The van der Waals surface area contributed by atoms with Crippen LogP contribution in [0, 0.1) is 12.3 Å². The number of carbonyl (C=O) groups excluding carboxylic acids is 1. The van der Waals surface area contributed by atoms with Crippen molar-refractivity contribution >= 4 is 6.09 Å². The molecular weight excluding hydrogens is 210 g/mol. The van der Waals surface area contributed by atoms with E-state index >= 15 is 0 Å². The molecule has 88 valence electrons. The zero-order chi connectivity index (χ0) is 12.0. The van der Waals surface area contributed by atoms with Gasteiger partial charge >= 0.3 is 6.09 Å². The lowest BCUT2D eigenvalue weighted by Gasteiger charge is -2.41. The van der Waals surface area contributed by atoms with Gasteiger partial charge in [-0.3, -0.25) is 4.90 Å². The van der Waals surface area contributed by atoms with E-state index < -0.39 is 11.6 Å². The lowest BCUT2D eigenvalue weighted by Crippen LogP contribution is -2.60. The van der Waals surface area contributed by atoms with Crippen molar-refractivity contribution in [2.75, 3.05) is 33.0 Å². The first kappa shape index (κ1) is 12.6. The van der Waals surface area contributed by atoms with E-state index in [1.807, 2.05) is 0 Å². The molecule has 1 N–H and O–H groups in total. The zero-order valence-electron chi connectivity index (χ0n) is 9.02. The third kappa shape index (κ3) is 2.35. The quantitative estimate of drug-likeness (QED) is 0.543. The number of amides is 1. The Morgan fingerprint density at radius 1 is 1.81 bits per heavy atom. The maximum atomic E-state index is 11.7. The highest BCUT2D eigenvalue weighted by molar-refractivity contribution is 5.70. The van der Waals surface area contributed by atoms with Gasteiger partial charge in [0.15, 0.2) is 5.54 Å². The molecule has 5 heteroatoms. The van der Waals surface area contributed by atoms with Gasteiger partial charge in [0.25, 0.3) is 0 Å². The summed E-state index contributed by atoms with van der Waals surface area (Å²) in [6.45, 7) is 4.01. The highest BCUT2D eigenvalue weighted by Gasteiger charge is 2.41. The third-order valence-electron chi connectivity index (χ3n) is 2.39. The number of terminal acetylenes is 1. The summed E-state index contributed by atoms with van der Waals surface area (Å²) in [5.74, 6) is 2.40. The summed E-state index contributed by atoms with van der Waals surface area (Å²) in [5, 5.41) is 9.29. The van der Waals surface area contributed by atoms with Crippen molar-refractivity contribution in [3.05, 3.63) is 12.7 Å². The van der Waals surface area contributed by atoms with Gasteiger partial charge in [0, 0.05) is 6.54 Å². The molecule has 0 aliphatic carbocycles. The van der Waals surface area contributed by atoms with E-state index in [1.165, 1.54) is 11.0 Å². The van der Waals surface area contributed by atoms with Gasteiger partial charge in [-0.15, -0.1) is 6.42 Å². The summed E-state index contributed by atoms with van der Waals surface area (Å²) in [7, 11) is 0. The Labute approximate surface area is 94.6 Å². The molecule has 1 unspecified atom stereocenters. The molecule has 1 heterocycles. The second-order valence-electron chi connectivity index (χ2n) is 3.40. The molecule has 0 radical (unpaired) electrons. The third-order valence-corrected chi connectivity index (χ3v) is 2.39. The summed E-state index contributed by atoms with van der Waals surface area (Å²) in [5.41, 5.74) is -1.11. The van der Waals surface area contributed by atoms with Crippen molar-refractivity contribution < 1.29 is 19.4 Å². The molecule has 0 bridgehead atoms. The second-order valence-corrected chi connectivity index (χ2v) is 3.40. The van der Waals surface area contributed by atoms with Gasteiger partial charge in [-0.25, -0.2) is 4.79 Å². The summed E-state index contributed by atoms with van der Waals surface area (Å²) in [4.78, 5) is 13.0. The number of aliphatic hydroxyl groups is 1. The maximum Gasteiger partial charge on any atom is 0.411 e. The molecule has 1 fully saturated rings. The minimum Gasteiger partial charge on any atom is -0.445 e. The van der Waals surface area contributed by atoms with Gasteiger partial charge < -0.3 is 14.6 Å². The summed E-state index contributed by atoms with van der Waals surface area (Å²) < 4.78 is 10.1. The number of nitrogens with zero attached hydrogens (tertiary/aromatic N) is 1. The number of hydrogen-bond acceptors (Lipinski definition) is 4. The monoisotopic (exact) mass is 225 g/mol. The van der Waals surface area contributed by atoms with Crippen molar-refractivity contribution in [2.24, 2.45) is 0 Å². The topological polar surface area (TPSA) is 59.0 Å². The number of rotatable bonds is 3. The van der Waals surface area contributed by atoms with Gasteiger partial charge in [-0.05, 0) is 0 Å². The molecule has 1 saturated heterocycles. The minimum atomic E-state index is -1.11. The Hall–Kier alpha value is -1.51. The van der Waals surface area contributed by atoms with Crippen LogP contribution in [-0.2, 0) is 9.47 Å². The SMILES string of the molecule is C#CC1(CO)COCCN1C(=O)OCC=C. The predicted octanol–water partition coefficient (Wildman–Crippen LogP) is 0.00550. The van der Waals surface area contributed by atoms with Crippen LogP contribution in [0.25, 0.3) is 0 Å². The van der Waals surface area contributed by atoms with E-state index in [0.29, 0.717) is 13.2 Å². The molecule has 1 aliphatic rings. The van der Waals surface area contributed by atoms with Crippen LogP contribution >= 0.6 is 0 Å². The standard InChI is InChI=1S/C11H15NO4/c1-3-6-16-10(14)12-5-7-15-9-11(12,4-2)8-13/h2-3,13H,1,5-9H2. The molecule has 1 atom stereocenters. The molecular formula is C11H15NO4. The van der Waals surface area contributed by atoms with E-state index in [4.69, 9.17) is 15.9 Å². The fourth-order valence-electron chi connectivity index (χ4n) is 1.46. The Bertz CT molecular complexity index is 310. The highest BCUT2D eigenvalue weighted by Crippen LogP contribution is 2.20. The van der Waals surface area contributed by atoms with E-state index in [-0.39, 0.29) is 19.8 Å². The number of aliphatic hydroxyl groups excluding tert-OH is 1. The molecule has 0 spiro atoms. The van der Waals surface area contributed by atoms with Gasteiger partial charge in [0.2, 0.25) is 0 Å². The Morgan fingerprint density at radius 3 is 3.12 bits per heavy atom. The first-order valence-corrected chi connectivity index (χ1v) is 4.92. The van der Waals surface area contributed by atoms with Crippen LogP contribution < -0.4 is 0 Å². The van der Waals surface area contributed by atoms with Crippen LogP contribution in [0.5, 0.6) is 0 Å². The first-order valence-electron chi connectivity index (χ1n) is 4.92. The number of morpholine rings is 1. The van der Waals surface area contributed by atoms with Gasteiger partial charge in [0.1, 0.15) is 6.61 Å². The molecule has 5 nitrogen and oxygen atoms in total. The van der Waals surface area contributed by atoms with Crippen LogP contribution in [0.3, 0.4) is 0 Å². The first-order chi connectivity index (χ1) is 7.70. The maximum absolute atomic E-state index is 11.7. The van der Waals surface area contributed by atoms with Gasteiger partial charge in [0.05, 0.1) is 19.8 Å². The Balaban J connectivity index is 2.78. The van der Waals surface area contributed by atoms with Crippen molar-refractivity contribution in [3.8, 4) is 12.3 Å². The molecule has 0 saturated carbocycles. The van der Waals surface area contributed by atoms with E-state index in [0.717, 1.165) is 0 Å². The van der Waals surface area contributed by atoms with Crippen molar-refractivity contribution in [1.29, 1.82) is 0 Å². The minimum absolute atomic E-state index is 0.113. The fraction of sp³-hybridized carbons (Fsp3) is 0.545. The summed E-state index contributed by atoms with van der Waals surface area (Å²) in [6.07, 6.45) is 6.25. The fourth-order valence-corrected chi connectivity index (χ4v) is 1.46. The highest BCUT2D eigenvalue weighted by atomic mass is 16.6. The van der Waals surface area contributed by atoms with Gasteiger partial charge in [-0.2, -0.15) is 0 Å². The lowest BCUT2D eigenvalue weighted by molar-refractivity contribution is -0.0546. The molecule has 16 heavy (non-hydrogen) atoms. The molecule has 1 amide bonds. The zero-order valence-corrected chi connectivity index (χ0v) is 9.02. The van der Waals surface area contributed by atoms with Crippen LogP contribution in [0.15, 0.2) is 12.7 Å². The summed E-state index contributed by atoms with van der Waals surface area (Å²) in [6, 6.07) is 0. The number of ether oxygens (including phenoxy) is 2. The summed E-state index contributed by atoms with van der Waals surface area (Å²) >= 11 is 0. The van der Waals surface area contributed by atoms with Crippen molar-refractivity contribution in [2.45, 2.75) is 5.54 Å². The lowest BCUT2D eigenvalue weighted by atomic mass is 10.00. The van der Waals surface area contributed by atoms with Crippen molar-refractivity contribution in [3.63, 3.8) is 0 Å². The number of hydrogen-bond donors (Lipinski definition) is 1. The smallest absolute Gasteiger partial charge is 0.411 e. The Kier molecular flexibility index (Phi) is 4.35. The average Bonchev–Trinajstić information content (AvgIpc) is 2.35. The molecule has 0 aromatic carbocycles. The molecule has 0 aromatic rings. The Morgan fingerprint density at radius 2 is 2.56 bits per heavy atom. The molecule has 1 rings (SSSR count). The normalized spacial score (nSPS) is 24.6. The van der Waals surface area contributed by atoms with Crippen molar-refractivity contribution in [1.82, 2.24) is 4.90 Å². The van der Waals surface area contributed by atoms with E-state index in [1.54, 1.807) is 0 Å². The molecule has 1 aliphatic heterocycles. The van der Waals surface area contributed by atoms with Crippen LogP contribution in [0.1, 0.15) is 0 Å². The largest absolute Gasteiger partial charge is 0.445 e. The van der Waals surface area contributed by atoms with E-state index in [9.17, 15) is 9.90 Å². The second kappa shape index (κ2) is 5.54. The van der Waals surface area contributed by atoms with Crippen LogP contribution in [0.4, 0.5) is 4.79 Å². The van der Waals surface area contributed by atoms with Gasteiger partial charge in [-0.1, -0.05) is 18.6 Å².